The second kappa shape index (κ2) is 7.90. The fourth-order valence-electron chi connectivity index (χ4n) is 3.59. The number of benzene rings is 1. The third-order valence-electron chi connectivity index (χ3n) is 4.73. The summed E-state index contributed by atoms with van der Waals surface area (Å²) in [6.45, 7) is 4.84. The number of carbonyl (C=O) groups excluding carboxylic acids is 1. The highest BCUT2D eigenvalue weighted by atomic mass is 16.3. The highest BCUT2D eigenvalue weighted by molar-refractivity contribution is 5.78. The average molecular weight is 317 g/mol. The summed E-state index contributed by atoms with van der Waals surface area (Å²) in [5.74, 6) is 0.0886. The van der Waals surface area contributed by atoms with Crippen LogP contribution in [0.15, 0.2) is 30.3 Å². The molecule has 5 heteroatoms. The molecule has 2 fully saturated rings. The molecule has 0 radical (unpaired) electrons. The second-order valence-electron chi connectivity index (χ2n) is 6.80. The maximum Gasteiger partial charge on any atom is 0.234 e. The van der Waals surface area contributed by atoms with Crippen LogP contribution in [0.3, 0.4) is 0 Å². The fourth-order valence-corrected chi connectivity index (χ4v) is 3.59. The number of rotatable bonds is 5. The molecule has 2 saturated heterocycles. The SMILES string of the molecule is O=C(CN1CCC[C@H](O)C1)N[C@H]1CCN(Cc2ccccc2)C1. The molecule has 0 saturated carbocycles. The molecule has 0 bridgehead atoms. The van der Waals surface area contributed by atoms with Crippen molar-refractivity contribution in [2.45, 2.75) is 38.0 Å². The molecule has 0 unspecified atom stereocenters. The van der Waals surface area contributed by atoms with E-state index in [4.69, 9.17) is 0 Å². The number of aliphatic hydroxyl groups is 1. The average Bonchev–Trinajstić information content (AvgIpc) is 2.95. The topological polar surface area (TPSA) is 55.8 Å². The number of carbonyl (C=O) groups is 1. The van der Waals surface area contributed by atoms with Gasteiger partial charge in [0.05, 0.1) is 12.6 Å². The number of hydrogen-bond acceptors (Lipinski definition) is 4. The van der Waals surface area contributed by atoms with Crippen LogP contribution in [0, 0.1) is 0 Å². The van der Waals surface area contributed by atoms with Gasteiger partial charge in [-0.2, -0.15) is 0 Å². The van der Waals surface area contributed by atoms with Gasteiger partial charge in [-0.15, -0.1) is 0 Å². The van der Waals surface area contributed by atoms with Gasteiger partial charge in [0.25, 0.3) is 0 Å². The normalized spacial score (nSPS) is 26.3. The van der Waals surface area contributed by atoms with E-state index in [1.54, 1.807) is 0 Å². The number of piperidine rings is 1. The number of aliphatic hydroxyl groups excluding tert-OH is 1. The van der Waals surface area contributed by atoms with Crippen LogP contribution >= 0.6 is 0 Å². The Balaban J connectivity index is 1.40. The van der Waals surface area contributed by atoms with E-state index in [1.165, 1.54) is 5.56 Å². The highest BCUT2D eigenvalue weighted by Gasteiger charge is 2.25. The molecule has 5 nitrogen and oxygen atoms in total. The first-order valence-electron chi connectivity index (χ1n) is 8.65. The van der Waals surface area contributed by atoms with E-state index < -0.39 is 0 Å². The van der Waals surface area contributed by atoms with Crippen LogP contribution in [0.1, 0.15) is 24.8 Å². The largest absolute Gasteiger partial charge is 0.392 e. The van der Waals surface area contributed by atoms with Crippen LogP contribution in [0.5, 0.6) is 0 Å². The van der Waals surface area contributed by atoms with Gasteiger partial charge in [0.2, 0.25) is 5.91 Å². The van der Waals surface area contributed by atoms with Crippen molar-refractivity contribution in [1.82, 2.24) is 15.1 Å². The number of amides is 1. The van der Waals surface area contributed by atoms with Gasteiger partial charge in [0.15, 0.2) is 0 Å². The van der Waals surface area contributed by atoms with Crippen LogP contribution < -0.4 is 5.32 Å². The minimum absolute atomic E-state index is 0.0886. The number of hydrogen-bond donors (Lipinski definition) is 2. The highest BCUT2D eigenvalue weighted by Crippen LogP contribution is 2.14. The van der Waals surface area contributed by atoms with Crippen molar-refractivity contribution in [3.8, 4) is 0 Å². The molecule has 0 aliphatic carbocycles. The zero-order valence-corrected chi connectivity index (χ0v) is 13.7. The predicted molar refractivity (Wildman–Crippen MR) is 89.9 cm³/mol. The molecule has 3 rings (SSSR count). The lowest BCUT2D eigenvalue weighted by molar-refractivity contribution is -0.123. The first kappa shape index (κ1) is 16.4. The van der Waals surface area contributed by atoms with E-state index in [1.807, 2.05) is 6.07 Å². The Kier molecular flexibility index (Phi) is 5.65. The van der Waals surface area contributed by atoms with Crippen molar-refractivity contribution in [3.05, 3.63) is 35.9 Å². The molecular formula is C18H27N3O2. The lowest BCUT2D eigenvalue weighted by Crippen LogP contribution is -2.47. The molecule has 0 aromatic heterocycles. The molecule has 1 aromatic rings. The van der Waals surface area contributed by atoms with E-state index in [-0.39, 0.29) is 18.1 Å². The van der Waals surface area contributed by atoms with Gasteiger partial charge < -0.3 is 10.4 Å². The molecule has 2 aliphatic heterocycles. The van der Waals surface area contributed by atoms with Gasteiger partial charge >= 0.3 is 0 Å². The van der Waals surface area contributed by atoms with E-state index in [0.717, 1.165) is 45.4 Å². The van der Waals surface area contributed by atoms with Gasteiger partial charge in [-0.25, -0.2) is 0 Å². The fraction of sp³-hybridized carbons (Fsp3) is 0.611. The zero-order chi connectivity index (χ0) is 16.1. The smallest absolute Gasteiger partial charge is 0.234 e. The number of nitrogens with one attached hydrogen (secondary N) is 1. The van der Waals surface area contributed by atoms with E-state index in [2.05, 4.69) is 39.4 Å². The summed E-state index contributed by atoms with van der Waals surface area (Å²) in [7, 11) is 0. The lowest BCUT2D eigenvalue weighted by atomic mass is 10.1. The standard InChI is InChI=1S/C18H27N3O2/c22-17-7-4-9-20(13-17)14-18(23)19-16-8-10-21(12-16)11-15-5-2-1-3-6-15/h1-3,5-6,16-17,22H,4,7-14H2,(H,19,23)/t16-,17-/m0/s1. The Hall–Kier alpha value is -1.43. The van der Waals surface area contributed by atoms with Crippen molar-refractivity contribution < 1.29 is 9.90 Å². The summed E-state index contributed by atoms with van der Waals surface area (Å²) in [6, 6.07) is 10.7. The van der Waals surface area contributed by atoms with Crippen LogP contribution in [0.25, 0.3) is 0 Å². The molecule has 1 amide bonds. The van der Waals surface area contributed by atoms with Crippen LogP contribution in [-0.2, 0) is 11.3 Å². The maximum absolute atomic E-state index is 12.2. The number of likely N-dealkylation sites (tertiary alicyclic amines) is 2. The molecule has 0 spiro atoms. The molecule has 2 aliphatic rings. The summed E-state index contributed by atoms with van der Waals surface area (Å²) in [5.41, 5.74) is 1.32. The maximum atomic E-state index is 12.2. The van der Waals surface area contributed by atoms with E-state index >= 15 is 0 Å². The summed E-state index contributed by atoms with van der Waals surface area (Å²) in [5, 5.41) is 12.8. The van der Waals surface area contributed by atoms with Crippen LogP contribution in [0.4, 0.5) is 0 Å². The lowest BCUT2D eigenvalue weighted by Gasteiger charge is -2.29. The van der Waals surface area contributed by atoms with Gasteiger partial charge in [0, 0.05) is 32.2 Å². The summed E-state index contributed by atoms with van der Waals surface area (Å²) in [4.78, 5) is 16.6. The zero-order valence-electron chi connectivity index (χ0n) is 13.7. The summed E-state index contributed by atoms with van der Waals surface area (Å²) in [6.07, 6.45) is 2.57. The Labute approximate surface area is 138 Å². The summed E-state index contributed by atoms with van der Waals surface area (Å²) >= 11 is 0. The first-order chi connectivity index (χ1) is 11.2. The Morgan fingerprint density at radius 1 is 1.13 bits per heavy atom. The van der Waals surface area contributed by atoms with Crippen LogP contribution in [-0.4, -0.2) is 65.7 Å². The minimum Gasteiger partial charge on any atom is -0.392 e. The van der Waals surface area contributed by atoms with Gasteiger partial charge in [-0.1, -0.05) is 30.3 Å². The quantitative estimate of drug-likeness (QED) is 0.845. The third-order valence-corrected chi connectivity index (χ3v) is 4.73. The molecule has 2 heterocycles. The first-order valence-corrected chi connectivity index (χ1v) is 8.65. The Morgan fingerprint density at radius 3 is 2.74 bits per heavy atom. The Morgan fingerprint density at radius 2 is 1.96 bits per heavy atom. The molecule has 2 N–H and O–H groups in total. The Bertz CT molecular complexity index is 508. The predicted octanol–water partition coefficient (Wildman–Crippen LogP) is 0.834. The molecule has 126 valence electrons. The van der Waals surface area contributed by atoms with Crippen LogP contribution in [0.2, 0.25) is 0 Å². The van der Waals surface area contributed by atoms with Gasteiger partial charge in [-0.05, 0) is 31.4 Å². The van der Waals surface area contributed by atoms with Gasteiger partial charge in [0.1, 0.15) is 0 Å². The van der Waals surface area contributed by atoms with Gasteiger partial charge in [-0.3, -0.25) is 14.6 Å². The van der Waals surface area contributed by atoms with Crippen molar-refractivity contribution in [2.75, 3.05) is 32.7 Å². The summed E-state index contributed by atoms with van der Waals surface area (Å²) < 4.78 is 0. The van der Waals surface area contributed by atoms with Crippen molar-refractivity contribution in [3.63, 3.8) is 0 Å². The van der Waals surface area contributed by atoms with Crippen molar-refractivity contribution in [1.29, 1.82) is 0 Å². The monoisotopic (exact) mass is 317 g/mol. The van der Waals surface area contributed by atoms with Crippen molar-refractivity contribution in [2.24, 2.45) is 0 Å². The van der Waals surface area contributed by atoms with E-state index in [0.29, 0.717) is 13.1 Å². The molecule has 1 aromatic carbocycles. The minimum atomic E-state index is -0.274. The molecule has 2 atom stereocenters. The molecule has 23 heavy (non-hydrogen) atoms. The molecular weight excluding hydrogens is 290 g/mol. The van der Waals surface area contributed by atoms with E-state index in [9.17, 15) is 9.90 Å². The third kappa shape index (κ3) is 5.03. The number of β-amino-alcohol motifs (C(OH)–C–C–N with tert-alkyl or cyclic N) is 1. The second-order valence-corrected chi connectivity index (χ2v) is 6.80. The van der Waals surface area contributed by atoms with Crippen molar-refractivity contribution >= 4 is 5.91 Å². The number of nitrogens with zero attached hydrogens (tertiary/aromatic N) is 2.